The number of fused-ring (bicyclic) bond motifs is 1. The molecular formula is C28H24ClFN2O7S. The van der Waals surface area contributed by atoms with Gasteiger partial charge in [0.15, 0.2) is 0 Å². The van der Waals surface area contributed by atoms with Gasteiger partial charge in [-0.2, -0.15) is 4.31 Å². The highest BCUT2D eigenvalue weighted by Crippen LogP contribution is 2.33. The number of rotatable bonds is 7. The first-order valence-electron chi connectivity index (χ1n) is 11.9. The van der Waals surface area contributed by atoms with Crippen molar-refractivity contribution in [2.75, 3.05) is 31.8 Å². The fourth-order valence-electron chi connectivity index (χ4n) is 4.17. The fraction of sp³-hybridized carbons (Fsp3) is 0.214. The van der Waals surface area contributed by atoms with Gasteiger partial charge in [0.1, 0.15) is 30.8 Å². The minimum absolute atomic E-state index is 0.0648. The maximum absolute atomic E-state index is 14.7. The molecule has 1 atom stereocenters. The molecule has 1 amide bonds. The molecule has 0 aromatic heterocycles. The smallest absolute Gasteiger partial charge is 0.323 e. The average molecular weight is 587 g/mol. The molecule has 0 aliphatic carbocycles. The number of aliphatic carboxylic acids is 1. The van der Waals surface area contributed by atoms with Gasteiger partial charge in [-0.1, -0.05) is 47.7 Å². The maximum atomic E-state index is 14.7. The molecular weight excluding hydrogens is 563 g/mol. The lowest BCUT2D eigenvalue weighted by Crippen LogP contribution is -2.50. The average Bonchev–Trinajstić information content (AvgIpc) is 3.11. The van der Waals surface area contributed by atoms with Gasteiger partial charge in [0.25, 0.3) is 5.91 Å². The van der Waals surface area contributed by atoms with Crippen LogP contribution in [0.5, 0.6) is 5.75 Å². The number of halogens is 2. The predicted octanol–water partition coefficient (Wildman–Crippen LogP) is 3.81. The second kappa shape index (κ2) is 12.5. The van der Waals surface area contributed by atoms with E-state index in [2.05, 4.69) is 11.8 Å². The molecule has 0 saturated carbocycles. The normalized spacial score (nSPS) is 15.4. The number of carboxylic acids is 1. The molecule has 1 N–H and O–H groups in total. The largest absolute Gasteiger partial charge is 0.481 e. The van der Waals surface area contributed by atoms with Crippen LogP contribution in [0.1, 0.15) is 15.9 Å². The third-order valence-corrected chi connectivity index (χ3v) is 8.29. The van der Waals surface area contributed by atoms with Crippen LogP contribution in [0.25, 0.3) is 0 Å². The number of carboxylic acid groups (broad SMARTS) is 1. The molecule has 0 radical (unpaired) electrons. The molecule has 1 heterocycles. The van der Waals surface area contributed by atoms with E-state index in [9.17, 15) is 27.5 Å². The summed E-state index contributed by atoms with van der Waals surface area (Å²) < 4.78 is 53.3. The van der Waals surface area contributed by atoms with E-state index in [4.69, 9.17) is 21.1 Å². The summed E-state index contributed by atoms with van der Waals surface area (Å²) in [6.45, 7) is -0.621. The Morgan fingerprint density at radius 1 is 1.05 bits per heavy atom. The van der Waals surface area contributed by atoms with Crippen LogP contribution < -0.4 is 9.64 Å². The first-order valence-corrected chi connectivity index (χ1v) is 13.7. The molecule has 3 aromatic carbocycles. The van der Waals surface area contributed by atoms with Crippen LogP contribution in [0, 0.1) is 17.7 Å². The van der Waals surface area contributed by atoms with E-state index < -0.39 is 45.9 Å². The van der Waals surface area contributed by atoms with E-state index in [1.165, 1.54) is 43.5 Å². The summed E-state index contributed by atoms with van der Waals surface area (Å²) in [6.07, 6.45) is 0. The number of amides is 1. The zero-order valence-corrected chi connectivity index (χ0v) is 22.8. The highest BCUT2D eigenvalue weighted by atomic mass is 35.5. The number of ether oxygens (including phenoxy) is 2. The molecule has 0 bridgehead atoms. The van der Waals surface area contributed by atoms with Gasteiger partial charge in [-0.15, -0.1) is 0 Å². The number of hydrogen-bond acceptors (Lipinski definition) is 6. The lowest BCUT2D eigenvalue weighted by molar-refractivity contribution is -0.141. The number of hydrogen-bond donors (Lipinski definition) is 1. The number of benzene rings is 3. The Morgan fingerprint density at radius 2 is 1.75 bits per heavy atom. The first-order chi connectivity index (χ1) is 19.1. The van der Waals surface area contributed by atoms with Gasteiger partial charge in [-0.3, -0.25) is 9.59 Å². The van der Waals surface area contributed by atoms with Crippen molar-refractivity contribution in [2.24, 2.45) is 0 Å². The number of anilines is 1. The predicted molar refractivity (Wildman–Crippen MR) is 145 cm³/mol. The summed E-state index contributed by atoms with van der Waals surface area (Å²) >= 11 is 6.13. The quantitative estimate of drug-likeness (QED) is 0.419. The van der Waals surface area contributed by atoms with E-state index >= 15 is 0 Å². The highest BCUT2D eigenvalue weighted by molar-refractivity contribution is 7.89. The van der Waals surface area contributed by atoms with Crippen LogP contribution in [0.15, 0.2) is 71.6 Å². The second-order valence-corrected chi connectivity index (χ2v) is 10.9. The third-order valence-electron chi connectivity index (χ3n) is 6.10. The molecule has 0 saturated heterocycles. The summed E-state index contributed by atoms with van der Waals surface area (Å²) in [5.74, 6) is 2.57. The second-order valence-electron chi connectivity index (χ2n) is 8.59. The van der Waals surface area contributed by atoms with Gasteiger partial charge in [0.2, 0.25) is 10.0 Å². The number of carbonyl (C=O) groups excluding carboxylic acids is 1. The van der Waals surface area contributed by atoms with Crippen molar-refractivity contribution in [3.63, 3.8) is 0 Å². The maximum Gasteiger partial charge on any atom is 0.323 e. The molecule has 1 unspecified atom stereocenters. The van der Waals surface area contributed by atoms with Crippen LogP contribution in [0.2, 0.25) is 5.02 Å². The summed E-state index contributed by atoms with van der Waals surface area (Å²) in [7, 11) is -2.87. The molecule has 0 spiro atoms. The van der Waals surface area contributed by atoms with Crippen molar-refractivity contribution in [1.29, 1.82) is 0 Å². The molecule has 1 aliphatic heterocycles. The number of methoxy groups -OCH3 is 1. The van der Waals surface area contributed by atoms with E-state index in [-0.39, 0.29) is 35.4 Å². The summed E-state index contributed by atoms with van der Waals surface area (Å²) in [5, 5.41) is 9.96. The standard InChI is InChI=1S/C28H24ClFN2O7S/c1-38-15-4-5-16-39-20-11-13-21(14-12-20)40(36,37)32-17-19-7-2-3-10-24(19)31(18-25(32)28(34)35)27(33)26-22(29)8-6-9-23(26)30/h2-3,6-14,25H,15-18H2,1H3,(H,34,35). The van der Waals surface area contributed by atoms with Crippen LogP contribution in [0.3, 0.4) is 0 Å². The Bertz CT molecular complexity index is 1570. The minimum Gasteiger partial charge on any atom is -0.481 e. The van der Waals surface area contributed by atoms with Crippen molar-refractivity contribution in [3.8, 4) is 17.6 Å². The van der Waals surface area contributed by atoms with Crippen molar-refractivity contribution >= 4 is 39.2 Å². The van der Waals surface area contributed by atoms with Crippen molar-refractivity contribution in [1.82, 2.24) is 4.31 Å². The van der Waals surface area contributed by atoms with E-state index in [1.54, 1.807) is 24.3 Å². The van der Waals surface area contributed by atoms with E-state index in [1.807, 2.05) is 0 Å². The highest BCUT2D eigenvalue weighted by Gasteiger charge is 2.42. The lowest BCUT2D eigenvalue weighted by Gasteiger charge is -2.28. The number of carbonyl (C=O) groups is 2. The van der Waals surface area contributed by atoms with Gasteiger partial charge >= 0.3 is 5.97 Å². The SMILES string of the molecule is COCC#CCOc1ccc(S(=O)(=O)N2Cc3ccccc3N(C(=O)c3c(F)cccc3Cl)CC2C(=O)O)cc1. The van der Waals surface area contributed by atoms with Crippen LogP contribution >= 0.6 is 11.6 Å². The molecule has 4 rings (SSSR count). The lowest BCUT2D eigenvalue weighted by atomic mass is 10.1. The number of nitrogens with zero attached hydrogens (tertiary/aromatic N) is 2. The monoisotopic (exact) mass is 586 g/mol. The Labute approximate surface area is 235 Å². The molecule has 12 heteroatoms. The summed E-state index contributed by atoms with van der Waals surface area (Å²) in [4.78, 5) is 26.9. The summed E-state index contributed by atoms with van der Waals surface area (Å²) in [6, 6.07) is 13.9. The number of sulfonamides is 1. The van der Waals surface area contributed by atoms with Crippen LogP contribution in [0.4, 0.5) is 10.1 Å². The fourth-order valence-corrected chi connectivity index (χ4v) is 5.96. The van der Waals surface area contributed by atoms with Crippen molar-refractivity contribution in [3.05, 3.63) is 88.7 Å². The Hall–Kier alpha value is -3.95. The zero-order chi connectivity index (χ0) is 28.9. The Morgan fingerprint density at radius 3 is 2.42 bits per heavy atom. The molecule has 208 valence electrons. The minimum atomic E-state index is -4.39. The van der Waals surface area contributed by atoms with Gasteiger partial charge in [0.05, 0.1) is 22.0 Å². The Balaban J connectivity index is 1.69. The van der Waals surface area contributed by atoms with Crippen LogP contribution in [-0.4, -0.2) is 62.6 Å². The first kappa shape index (κ1) is 29.0. The molecule has 40 heavy (non-hydrogen) atoms. The van der Waals surface area contributed by atoms with Crippen LogP contribution in [-0.2, 0) is 26.1 Å². The molecule has 9 nitrogen and oxygen atoms in total. The van der Waals surface area contributed by atoms with Crippen molar-refractivity contribution < 1.29 is 37.0 Å². The molecule has 0 fully saturated rings. The van der Waals surface area contributed by atoms with Crippen molar-refractivity contribution in [2.45, 2.75) is 17.5 Å². The molecule has 1 aliphatic rings. The zero-order valence-electron chi connectivity index (χ0n) is 21.2. The van der Waals surface area contributed by atoms with Gasteiger partial charge in [-0.25, -0.2) is 12.8 Å². The summed E-state index contributed by atoms with van der Waals surface area (Å²) in [5.41, 5.74) is 0.154. The van der Waals surface area contributed by atoms with E-state index in [0.717, 1.165) is 15.3 Å². The van der Waals surface area contributed by atoms with Gasteiger partial charge < -0.3 is 19.5 Å². The van der Waals surface area contributed by atoms with Gasteiger partial charge in [0, 0.05) is 19.3 Å². The Kier molecular flexibility index (Phi) is 9.07. The van der Waals surface area contributed by atoms with Gasteiger partial charge in [-0.05, 0) is 48.0 Å². The van der Waals surface area contributed by atoms with E-state index in [0.29, 0.717) is 11.3 Å². The third kappa shape index (κ3) is 6.11. The topological polar surface area (TPSA) is 113 Å². The molecule has 3 aromatic rings. The number of para-hydroxylation sites is 1.